The SMILES string of the molecule is O=C(Nc1ccncc1[N+](=O)[O-])N1CCCc2ccccc2C1. The van der Waals surface area contributed by atoms with Crippen LogP contribution in [0.5, 0.6) is 0 Å². The largest absolute Gasteiger partial charge is 0.322 e. The van der Waals surface area contributed by atoms with E-state index in [1.165, 1.54) is 17.8 Å². The highest BCUT2D eigenvalue weighted by Crippen LogP contribution is 2.24. The van der Waals surface area contributed by atoms with E-state index in [9.17, 15) is 14.9 Å². The first-order valence-corrected chi connectivity index (χ1v) is 7.36. The average Bonchev–Trinajstić information content (AvgIpc) is 2.77. The second kappa shape index (κ2) is 6.43. The summed E-state index contributed by atoms with van der Waals surface area (Å²) in [6.07, 6.45) is 4.34. The number of fused-ring (bicyclic) bond motifs is 1. The van der Waals surface area contributed by atoms with Gasteiger partial charge in [0.05, 0.1) is 4.92 Å². The van der Waals surface area contributed by atoms with E-state index in [-0.39, 0.29) is 17.4 Å². The third kappa shape index (κ3) is 3.28. The number of nitrogens with one attached hydrogen (secondary N) is 1. The molecule has 2 heterocycles. The van der Waals surface area contributed by atoms with Gasteiger partial charge in [-0.1, -0.05) is 24.3 Å². The van der Waals surface area contributed by atoms with Crippen LogP contribution in [0.2, 0.25) is 0 Å². The van der Waals surface area contributed by atoms with Crippen LogP contribution in [0.25, 0.3) is 0 Å². The highest BCUT2D eigenvalue weighted by molar-refractivity contribution is 5.91. The minimum Gasteiger partial charge on any atom is -0.320 e. The summed E-state index contributed by atoms with van der Waals surface area (Å²) in [5, 5.41) is 13.6. The lowest BCUT2D eigenvalue weighted by Gasteiger charge is -2.21. The van der Waals surface area contributed by atoms with Gasteiger partial charge in [-0.25, -0.2) is 4.79 Å². The number of nitro groups is 1. The van der Waals surface area contributed by atoms with Gasteiger partial charge in [0.15, 0.2) is 0 Å². The molecule has 3 rings (SSSR count). The fraction of sp³-hybridized carbons (Fsp3) is 0.250. The Balaban J connectivity index is 1.78. The molecule has 7 heteroatoms. The van der Waals surface area contributed by atoms with Gasteiger partial charge >= 0.3 is 11.7 Å². The molecule has 118 valence electrons. The number of pyridine rings is 1. The molecule has 0 atom stereocenters. The lowest BCUT2D eigenvalue weighted by atomic mass is 10.0. The zero-order valence-electron chi connectivity index (χ0n) is 12.4. The molecule has 0 fully saturated rings. The van der Waals surface area contributed by atoms with Crippen molar-refractivity contribution in [2.45, 2.75) is 19.4 Å². The van der Waals surface area contributed by atoms with Crippen LogP contribution in [0.4, 0.5) is 16.2 Å². The van der Waals surface area contributed by atoms with Crippen molar-refractivity contribution in [2.24, 2.45) is 0 Å². The fourth-order valence-corrected chi connectivity index (χ4v) is 2.71. The summed E-state index contributed by atoms with van der Waals surface area (Å²) in [4.78, 5) is 28.3. The Morgan fingerprint density at radius 2 is 2.04 bits per heavy atom. The predicted octanol–water partition coefficient (Wildman–Crippen LogP) is 2.97. The molecule has 2 amide bonds. The number of anilines is 1. The van der Waals surface area contributed by atoms with Gasteiger partial charge in [0.25, 0.3) is 0 Å². The number of aryl methyl sites for hydroxylation is 1. The number of benzene rings is 1. The van der Waals surface area contributed by atoms with E-state index in [1.807, 2.05) is 18.2 Å². The number of hydrogen-bond donors (Lipinski definition) is 1. The van der Waals surface area contributed by atoms with E-state index < -0.39 is 4.92 Å². The molecule has 0 aliphatic carbocycles. The third-order valence-electron chi connectivity index (χ3n) is 3.88. The maximum atomic E-state index is 12.5. The molecule has 23 heavy (non-hydrogen) atoms. The first-order valence-electron chi connectivity index (χ1n) is 7.36. The number of carbonyl (C=O) groups excluding carboxylic acids is 1. The molecule has 1 N–H and O–H groups in total. The summed E-state index contributed by atoms with van der Waals surface area (Å²) in [6.45, 7) is 1.11. The number of amides is 2. The molecule has 7 nitrogen and oxygen atoms in total. The van der Waals surface area contributed by atoms with Crippen LogP contribution in [0.15, 0.2) is 42.7 Å². The van der Waals surface area contributed by atoms with Crippen LogP contribution in [0, 0.1) is 10.1 Å². The Bertz CT molecular complexity index is 748. The number of carbonyl (C=O) groups is 1. The minimum atomic E-state index is -0.555. The molecule has 0 radical (unpaired) electrons. The molecular formula is C16H16N4O3. The van der Waals surface area contributed by atoms with Gasteiger partial charge in [-0.05, 0) is 30.0 Å². The van der Waals surface area contributed by atoms with E-state index in [0.29, 0.717) is 13.1 Å². The zero-order valence-corrected chi connectivity index (χ0v) is 12.4. The zero-order chi connectivity index (χ0) is 16.2. The van der Waals surface area contributed by atoms with Crippen molar-refractivity contribution >= 4 is 17.4 Å². The van der Waals surface area contributed by atoms with Crippen molar-refractivity contribution in [3.63, 3.8) is 0 Å². The number of hydrogen-bond acceptors (Lipinski definition) is 4. The maximum Gasteiger partial charge on any atom is 0.322 e. The standard InChI is InChI=1S/C16H16N4O3/c21-16(18-14-7-8-17-10-15(14)20(22)23)19-9-3-6-12-4-1-2-5-13(12)11-19/h1-2,4-5,7-8,10H,3,6,9,11H2,(H,17,18,21). The first kappa shape index (κ1) is 15.0. The van der Waals surface area contributed by atoms with Crippen LogP contribution in [0.3, 0.4) is 0 Å². The molecule has 0 unspecified atom stereocenters. The Kier molecular flexibility index (Phi) is 4.18. The first-order chi connectivity index (χ1) is 11.1. The molecule has 0 saturated heterocycles. The molecule has 2 aromatic rings. The summed E-state index contributed by atoms with van der Waals surface area (Å²) in [5.41, 5.74) is 2.31. The summed E-state index contributed by atoms with van der Waals surface area (Å²) < 4.78 is 0. The molecule has 1 aromatic heterocycles. The Morgan fingerprint density at radius 1 is 1.26 bits per heavy atom. The molecule has 0 spiro atoms. The van der Waals surface area contributed by atoms with Crippen molar-refractivity contribution < 1.29 is 9.72 Å². The van der Waals surface area contributed by atoms with E-state index in [2.05, 4.69) is 16.4 Å². The summed E-state index contributed by atoms with van der Waals surface area (Å²) in [7, 11) is 0. The van der Waals surface area contributed by atoms with Crippen molar-refractivity contribution in [1.29, 1.82) is 0 Å². The Morgan fingerprint density at radius 3 is 2.83 bits per heavy atom. The number of urea groups is 1. The van der Waals surface area contributed by atoms with Gasteiger partial charge in [-0.15, -0.1) is 0 Å². The van der Waals surface area contributed by atoms with Crippen molar-refractivity contribution in [3.8, 4) is 0 Å². The number of aromatic nitrogens is 1. The maximum absolute atomic E-state index is 12.5. The molecule has 1 aromatic carbocycles. The van der Waals surface area contributed by atoms with E-state index in [1.54, 1.807) is 4.90 Å². The van der Waals surface area contributed by atoms with Crippen LogP contribution < -0.4 is 5.32 Å². The molecule has 1 aliphatic rings. The van der Waals surface area contributed by atoms with Gasteiger partial charge in [-0.3, -0.25) is 15.1 Å². The van der Waals surface area contributed by atoms with Crippen LogP contribution in [-0.4, -0.2) is 27.4 Å². The van der Waals surface area contributed by atoms with Gasteiger partial charge in [-0.2, -0.15) is 0 Å². The van der Waals surface area contributed by atoms with Gasteiger partial charge < -0.3 is 10.2 Å². The second-order valence-electron chi connectivity index (χ2n) is 5.37. The predicted molar refractivity (Wildman–Crippen MR) is 85.1 cm³/mol. The topological polar surface area (TPSA) is 88.4 Å². The van der Waals surface area contributed by atoms with Gasteiger partial charge in [0.2, 0.25) is 0 Å². The van der Waals surface area contributed by atoms with Crippen molar-refractivity contribution in [1.82, 2.24) is 9.88 Å². The van der Waals surface area contributed by atoms with Gasteiger partial charge in [0, 0.05) is 19.3 Å². The Labute approximate surface area is 133 Å². The normalized spacial score (nSPS) is 13.8. The van der Waals surface area contributed by atoms with E-state index >= 15 is 0 Å². The second-order valence-corrected chi connectivity index (χ2v) is 5.37. The molecule has 1 aliphatic heterocycles. The molecular weight excluding hydrogens is 296 g/mol. The number of rotatable bonds is 2. The van der Waals surface area contributed by atoms with Crippen molar-refractivity contribution in [3.05, 3.63) is 64.0 Å². The van der Waals surface area contributed by atoms with Crippen LogP contribution in [-0.2, 0) is 13.0 Å². The Hall–Kier alpha value is -2.96. The average molecular weight is 312 g/mol. The summed E-state index contributed by atoms with van der Waals surface area (Å²) in [6, 6.07) is 9.13. The van der Waals surface area contributed by atoms with E-state index in [4.69, 9.17) is 0 Å². The van der Waals surface area contributed by atoms with Crippen LogP contribution in [0.1, 0.15) is 17.5 Å². The lowest BCUT2D eigenvalue weighted by Crippen LogP contribution is -2.34. The van der Waals surface area contributed by atoms with Crippen molar-refractivity contribution in [2.75, 3.05) is 11.9 Å². The van der Waals surface area contributed by atoms with Gasteiger partial charge in [0.1, 0.15) is 11.9 Å². The molecule has 0 bridgehead atoms. The monoisotopic (exact) mass is 312 g/mol. The summed E-state index contributed by atoms with van der Waals surface area (Å²) >= 11 is 0. The number of nitrogens with zero attached hydrogens (tertiary/aromatic N) is 3. The lowest BCUT2D eigenvalue weighted by molar-refractivity contribution is -0.384. The smallest absolute Gasteiger partial charge is 0.320 e. The highest BCUT2D eigenvalue weighted by Gasteiger charge is 2.21. The quantitative estimate of drug-likeness (QED) is 0.682. The molecule has 0 saturated carbocycles. The van der Waals surface area contributed by atoms with E-state index in [0.717, 1.165) is 24.6 Å². The highest BCUT2D eigenvalue weighted by atomic mass is 16.6. The third-order valence-corrected chi connectivity index (χ3v) is 3.88. The van der Waals surface area contributed by atoms with Crippen LogP contribution >= 0.6 is 0 Å². The fourth-order valence-electron chi connectivity index (χ4n) is 2.71. The summed E-state index contributed by atoms with van der Waals surface area (Å²) in [5.74, 6) is 0. The minimum absolute atomic E-state index is 0.160.